The van der Waals surface area contributed by atoms with Gasteiger partial charge in [0.1, 0.15) is 128 Å². The van der Waals surface area contributed by atoms with Gasteiger partial charge in [-0.2, -0.15) is 8.42 Å². The number of aliphatic carboxylic acids is 1. The van der Waals surface area contributed by atoms with E-state index in [0.29, 0.717) is 0 Å². The van der Waals surface area contributed by atoms with Crippen molar-refractivity contribution in [2.75, 3.05) is 39.6 Å². The van der Waals surface area contributed by atoms with Crippen molar-refractivity contribution < 1.29 is 176 Å². The van der Waals surface area contributed by atoms with Gasteiger partial charge in [-0.25, -0.2) is 8.98 Å². The summed E-state index contributed by atoms with van der Waals surface area (Å²) in [4.78, 5) is 50.0. The van der Waals surface area contributed by atoms with Crippen molar-refractivity contribution in [3.05, 3.63) is 0 Å². The van der Waals surface area contributed by atoms with Gasteiger partial charge in [0.25, 0.3) is 5.79 Å². The van der Waals surface area contributed by atoms with E-state index in [9.17, 15) is 124 Å². The second kappa shape index (κ2) is 30.9. The molecule has 0 saturated carbocycles. The molecule has 3 amide bonds. The van der Waals surface area contributed by atoms with E-state index in [1.54, 1.807) is 0 Å². The summed E-state index contributed by atoms with van der Waals surface area (Å²) >= 11 is 0. The lowest BCUT2D eigenvalue weighted by Gasteiger charge is -2.50. The largest absolute Gasteiger partial charge is 0.477 e. The summed E-state index contributed by atoms with van der Waals surface area (Å²) in [5.41, 5.74) is 0. The average Bonchev–Trinajstić information content (AvgIpc) is 1.52. The number of nitrogens with one attached hydrogen (secondary N) is 3. The van der Waals surface area contributed by atoms with E-state index >= 15 is 0 Å². The molecule has 30 atom stereocenters. The van der Waals surface area contributed by atoms with E-state index in [-0.39, 0.29) is 0 Å². The molecule has 5 aliphatic heterocycles. The van der Waals surface area contributed by atoms with Crippen molar-refractivity contribution in [2.45, 2.75) is 217 Å². The molecule has 22 N–H and O–H groups in total. The summed E-state index contributed by atoms with van der Waals surface area (Å²) < 4.78 is 95.2. The number of aliphatic hydroxyl groups excluding tert-OH is 17. The highest BCUT2D eigenvalue weighted by Gasteiger charge is 2.59. The van der Waals surface area contributed by atoms with Crippen molar-refractivity contribution in [2.24, 2.45) is 0 Å². The average molecular weight is 1270 g/mol. The summed E-state index contributed by atoms with van der Waals surface area (Å²) in [5, 5.41) is 201. The minimum Gasteiger partial charge on any atom is -0.477 e. The molecule has 0 aromatic carbocycles. The Balaban J connectivity index is 1.46. The van der Waals surface area contributed by atoms with E-state index < -0.39 is 264 Å². The topological polar surface area (TPSA) is 624 Å². The summed E-state index contributed by atoms with van der Waals surface area (Å²) in [6, 6.07) is -5.42. The molecule has 85 heavy (non-hydrogen) atoms. The molecule has 5 heterocycles. The number of carboxylic acid groups (broad SMARTS) is 1. The number of amides is 3. The van der Waals surface area contributed by atoms with Crippen molar-refractivity contribution >= 4 is 34.1 Å². The van der Waals surface area contributed by atoms with Gasteiger partial charge in [0.15, 0.2) is 25.2 Å². The molecular weight excluding hydrogens is 1190 g/mol. The third kappa shape index (κ3) is 17.5. The number of carboxylic acids is 1. The number of rotatable bonds is 27. The minimum absolute atomic E-state index is 0.830. The Kier molecular flexibility index (Phi) is 26.3. The van der Waals surface area contributed by atoms with Gasteiger partial charge in [0.2, 0.25) is 17.7 Å². The van der Waals surface area contributed by atoms with E-state index in [0.717, 1.165) is 20.8 Å². The van der Waals surface area contributed by atoms with E-state index in [2.05, 4.69) is 20.1 Å². The van der Waals surface area contributed by atoms with Gasteiger partial charge in [-0.1, -0.05) is 0 Å². The highest BCUT2D eigenvalue weighted by atomic mass is 32.3. The molecule has 5 fully saturated rings. The van der Waals surface area contributed by atoms with E-state index in [4.69, 9.17) is 47.4 Å². The van der Waals surface area contributed by atoms with E-state index in [1.165, 1.54) is 6.92 Å². The number of carbonyl (C=O) groups excluding carboxylic acids is 3. The monoisotopic (exact) mass is 1270 g/mol. The molecule has 0 radical (unpaired) electrons. The van der Waals surface area contributed by atoms with Crippen LogP contribution in [0.2, 0.25) is 0 Å². The molecule has 5 saturated heterocycles. The molecule has 5 rings (SSSR count). The molecular formula is C45H77N3O36S. The summed E-state index contributed by atoms with van der Waals surface area (Å²) in [6.07, 6.45) is -56.4. The Morgan fingerprint density at radius 2 is 1.13 bits per heavy atom. The first kappa shape index (κ1) is 72.4. The number of hydrogen-bond acceptors (Lipinski definition) is 34. The van der Waals surface area contributed by atoms with Crippen molar-refractivity contribution in [1.82, 2.24) is 16.0 Å². The lowest BCUT2D eigenvalue weighted by molar-refractivity contribution is -0.378. The fourth-order valence-corrected chi connectivity index (χ4v) is 10.3. The van der Waals surface area contributed by atoms with Crippen LogP contribution < -0.4 is 16.0 Å². The fraction of sp³-hybridized carbons (Fsp3) is 0.911. The first-order valence-electron chi connectivity index (χ1n) is 26.2. The van der Waals surface area contributed by atoms with Crippen LogP contribution in [0.5, 0.6) is 0 Å². The van der Waals surface area contributed by atoms with Crippen molar-refractivity contribution in [1.29, 1.82) is 0 Å². The van der Waals surface area contributed by atoms with Crippen LogP contribution in [0.1, 0.15) is 34.1 Å². The van der Waals surface area contributed by atoms with Gasteiger partial charge >= 0.3 is 16.4 Å². The first-order chi connectivity index (χ1) is 39.6. The predicted molar refractivity (Wildman–Crippen MR) is 262 cm³/mol. The predicted octanol–water partition coefficient (Wildman–Crippen LogP) is -14.0. The molecule has 40 heteroatoms. The SMILES string of the molecule is CC(=O)N[C@H]1[C@H](O[C@H]2[C@@H](O)[C@@H](CO)O[C@@H](O[C@@H]([C@H](O[C@@H]3O[C@@H](C)[C@@H](O)[C@@H](O)[C@@H]3O)[C@H](CO)NC(C)=O)[C@H](O)CO)[C@@H]2O)O[C@H](COS(=O)(=O)O)[C@@H](O[C@@H]2O[C@H](CO[C@]3(C(=O)O)C[C@H](O)[C@@H](NC(C)=O)[C@H]([C@H](O)[C@H](O)CO)O3)[C@H](O)[C@H](O)[C@H]2O)[C@@H]1O. The zero-order chi connectivity index (χ0) is 63.9. The first-order valence-corrected chi connectivity index (χ1v) is 27.5. The maximum absolute atomic E-state index is 12.8. The Hall–Kier alpha value is -3.33. The smallest absolute Gasteiger partial charge is 0.397 e. The zero-order valence-corrected chi connectivity index (χ0v) is 46.4. The quantitative estimate of drug-likeness (QED) is 0.0340. The van der Waals surface area contributed by atoms with E-state index in [1.807, 2.05) is 0 Å². The van der Waals surface area contributed by atoms with Gasteiger partial charge < -0.3 is 155 Å². The Bertz CT molecular complexity index is 2290. The van der Waals surface area contributed by atoms with Crippen molar-refractivity contribution in [3.8, 4) is 0 Å². The zero-order valence-electron chi connectivity index (χ0n) is 45.5. The van der Waals surface area contributed by atoms with Crippen LogP contribution in [0.3, 0.4) is 0 Å². The lowest BCUT2D eigenvalue weighted by Crippen LogP contribution is -2.70. The third-order valence-corrected chi connectivity index (χ3v) is 14.9. The molecule has 494 valence electrons. The molecule has 39 nitrogen and oxygen atoms in total. The fourth-order valence-electron chi connectivity index (χ4n) is 10.00. The molecule has 0 aromatic heterocycles. The van der Waals surface area contributed by atoms with Crippen LogP contribution in [0.15, 0.2) is 0 Å². The molecule has 0 unspecified atom stereocenters. The normalized spacial score (nSPS) is 41.3. The molecule has 0 aliphatic carbocycles. The number of carbonyl (C=O) groups is 4. The lowest BCUT2D eigenvalue weighted by atomic mass is 9.88. The van der Waals surface area contributed by atoms with Gasteiger partial charge in [-0.3, -0.25) is 18.9 Å². The number of aliphatic hydroxyl groups is 17. The second-order valence-electron chi connectivity index (χ2n) is 20.7. The minimum atomic E-state index is -5.48. The van der Waals surface area contributed by atoms with Crippen LogP contribution in [-0.4, -0.2) is 352 Å². The number of hydrogen-bond donors (Lipinski definition) is 22. The van der Waals surface area contributed by atoms with Gasteiger partial charge in [0, 0.05) is 27.2 Å². The summed E-state index contributed by atoms with van der Waals surface area (Å²) in [5.74, 6) is -7.82. The summed E-state index contributed by atoms with van der Waals surface area (Å²) in [7, 11) is -5.48. The standard InChI is InChI=1S/C45H77N3O36S/c1-12-25(59)30(64)32(66)41(76-12)80-35(16(6-49)46-13(2)53)36(19(58)8-51)81-43-34(68)39(28(62)20(9-52)77-43)83-40-24(48-15(4)55)29(63)37(22(79-40)11-75-85(71,72)73)82-42-33(67)31(65)27(61)21(78-42)10-74-45(44(69)70)5-17(56)23(47-14(3)54)38(84-45)26(60)18(57)7-50/h12,16-43,49-52,56-68H,5-11H2,1-4H3,(H,46,53)(H,47,54)(H,48,55)(H,69,70)(H,71,72,73)/t12-,16-,17-,18+,19+,20+,21+,22+,23+,24+,25+,26+,27-,28-,29+,30+,31-,32-,33+,34+,35+,36+,37+,38+,39-,40-,41-,42-,43-,45+/m0/s1. The van der Waals surface area contributed by atoms with Crippen LogP contribution in [0, 0.1) is 0 Å². The Morgan fingerprint density at radius 1 is 0.588 bits per heavy atom. The van der Waals surface area contributed by atoms with Crippen molar-refractivity contribution in [3.63, 3.8) is 0 Å². The van der Waals surface area contributed by atoms with Crippen LogP contribution in [-0.2, 0) is 81.1 Å². The summed E-state index contributed by atoms with van der Waals surface area (Å²) in [6.45, 7) is -3.19. The maximum atomic E-state index is 12.8. The molecule has 0 spiro atoms. The molecule has 0 bridgehead atoms. The van der Waals surface area contributed by atoms with Gasteiger partial charge in [-0.15, -0.1) is 0 Å². The van der Waals surface area contributed by atoms with Gasteiger partial charge in [0.05, 0.1) is 63.9 Å². The van der Waals surface area contributed by atoms with Crippen LogP contribution in [0.4, 0.5) is 0 Å². The Morgan fingerprint density at radius 3 is 1.68 bits per heavy atom. The molecule has 5 aliphatic rings. The maximum Gasteiger partial charge on any atom is 0.397 e. The molecule has 0 aromatic rings. The highest BCUT2D eigenvalue weighted by molar-refractivity contribution is 7.80. The number of ether oxygens (including phenoxy) is 10. The van der Waals surface area contributed by atoms with Crippen LogP contribution in [0.25, 0.3) is 0 Å². The second-order valence-corrected chi connectivity index (χ2v) is 21.8. The van der Waals surface area contributed by atoms with Gasteiger partial charge in [-0.05, 0) is 6.92 Å². The third-order valence-electron chi connectivity index (χ3n) is 14.4. The Labute approximate surface area is 481 Å². The highest BCUT2D eigenvalue weighted by Crippen LogP contribution is 2.38. The van der Waals surface area contributed by atoms with Crippen LogP contribution >= 0.6 is 0 Å².